The van der Waals surface area contributed by atoms with Crippen molar-refractivity contribution in [2.24, 2.45) is 11.1 Å². The van der Waals surface area contributed by atoms with Crippen molar-refractivity contribution in [1.82, 2.24) is 4.90 Å². The third-order valence-electron chi connectivity index (χ3n) is 3.64. The van der Waals surface area contributed by atoms with Crippen LogP contribution in [-0.4, -0.2) is 23.0 Å². The second-order valence-electron chi connectivity index (χ2n) is 5.71. The van der Waals surface area contributed by atoms with Gasteiger partial charge >= 0.3 is 0 Å². The van der Waals surface area contributed by atoms with Crippen molar-refractivity contribution in [3.05, 3.63) is 35.9 Å². The zero-order chi connectivity index (χ0) is 14.3. The SMILES string of the molecule is CCN(CCCC(C)(C)C(N)=S)Cc1ccccc1. The molecule has 0 unspecified atom stereocenters. The van der Waals surface area contributed by atoms with E-state index in [1.54, 1.807) is 0 Å². The summed E-state index contributed by atoms with van der Waals surface area (Å²) in [4.78, 5) is 3.09. The van der Waals surface area contributed by atoms with Crippen LogP contribution in [0.25, 0.3) is 0 Å². The topological polar surface area (TPSA) is 29.3 Å². The largest absolute Gasteiger partial charge is 0.393 e. The Balaban J connectivity index is 2.40. The second kappa shape index (κ2) is 7.61. The van der Waals surface area contributed by atoms with Crippen LogP contribution in [0.2, 0.25) is 0 Å². The smallest absolute Gasteiger partial charge is 0.0784 e. The van der Waals surface area contributed by atoms with E-state index in [4.69, 9.17) is 18.0 Å². The summed E-state index contributed by atoms with van der Waals surface area (Å²) >= 11 is 5.11. The van der Waals surface area contributed by atoms with E-state index < -0.39 is 0 Å². The molecule has 3 heteroatoms. The van der Waals surface area contributed by atoms with Crippen LogP contribution in [0.15, 0.2) is 30.3 Å². The summed E-state index contributed by atoms with van der Waals surface area (Å²) in [5.41, 5.74) is 7.11. The van der Waals surface area contributed by atoms with Crippen LogP contribution < -0.4 is 5.73 Å². The predicted molar refractivity (Wildman–Crippen MR) is 87.2 cm³/mol. The van der Waals surface area contributed by atoms with Crippen molar-refractivity contribution >= 4 is 17.2 Å². The molecule has 0 spiro atoms. The average molecular weight is 278 g/mol. The maximum absolute atomic E-state index is 5.76. The van der Waals surface area contributed by atoms with Crippen LogP contribution >= 0.6 is 12.2 Å². The Kier molecular flexibility index (Phi) is 6.46. The van der Waals surface area contributed by atoms with E-state index in [1.807, 2.05) is 0 Å². The zero-order valence-electron chi connectivity index (χ0n) is 12.4. The lowest BCUT2D eigenvalue weighted by molar-refractivity contribution is 0.262. The molecule has 1 rings (SSSR count). The van der Waals surface area contributed by atoms with Gasteiger partial charge in [0.2, 0.25) is 0 Å². The van der Waals surface area contributed by atoms with E-state index in [1.165, 1.54) is 5.56 Å². The molecular weight excluding hydrogens is 252 g/mol. The van der Waals surface area contributed by atoms with Crippen molar-refractivity contribution in [1.29, 1.82) is 0 Å². The van der Waals surface area contributed by atoms with Gasteiger partial charge in [0.25, 0.3) is 0 Å². The van der Waals surface area contributed by atoms with Crippen molar-refractivity contribution in [2.45, 2.75) is 40.2 Å². The molecular formula is C16H26N2S. The maximum atomic E-state index is 5.76. The minimum Gasteiger partial charge on any atom is -0.393 e. The Morgan fingerprint density at radius 1 is 1.26 bits per heavy atom. The van der Waals surface area contributed by atoms with Crippen molar-refractivity contribution in [3.63, 3.8) is 0 Å². The fraction of sp³-hybridized carbons (Fsp3) is 0.562. The highest BCUT2D eigenvalue weighted by atomic mass is 32.1. The Hall–Kier alpha value is -0.930. The van der Waals surface area contributed by atoms with Crippen LogP contribution in [-0.2, 0) is 6.54 Å². The molecule has 2 nitrogen and oxygen atoms in total. The molecule has 0 fully saturated rings. The van der Waals surface area contributed by atoms with Crippen molar-refractivity contribution < 1.29 is 0 Å². The predicted octanol–water partition coefficient (Wildman–Crippen LogP) is 3.60. The third kappa shape index (κ3) is 5.70. The van der Waals surface area contributed by atoms with Gasteiger partial charge in [-0.1, -0.05) is 63.3 Å². The van der Waals surface area contributed by atoms with Gasteiger partial charge in [-0.05, 0) is 31.5 Å². The minimum absolute atomic E-state index is 0.0263. The second-order valence-corrected chi connectivity index (χ2v) is 6.15. The van der Waals surface area contributed by atoms with E-state index in [-0.39, 0.29) is 5.41 Å². The van der Waals surface area contributed by atoms with Gasteiger partial charge in [0.05, 0.1) is 4.99 Å². The lowest BCUT2D eigenvalue weighted by Crippen LogP contribution is -2.31. The molecule has 0 aliphatic carbocycles. The summed E-state index contributed by atoms with van der Waals surface area (Å²) in [6, 6.07) is 10.6. The number of hydrogen-bond acceptors (Lipinski definition) is 2. The molecule has 106 valence electrons. The number of nitrogens with zero attached hydrogens (tertiary/aromatic N) is 1. The number of nitrogens with two attached hydrogens (primary N) is 1. The van der Waals surface area contributed by atoms with Crippen LogP contribution in [0.5, 0.6) is 0 Å². The van der Waals surface area contributed by atoms with Crippen molar-refractivity contribution in [3.8, 4) is 0 Å². The van der Waals surface area contributed by atoms with E-state index in [9.17, 15) is 0 Å². The van der Waals surface area contributed by atoms with Crippen LogP contribution in [0.4, 0.5) is 0 Å². The average Bonchev–Trinajstić information content (AvgIpc) is 2.38. The highest BCUT2D eigenvalue weighted by Crippen LogP contribution is 2.22. The molecule has 2 N–H and O–H groups in total. The molecule has 19 heavy (non-hydrogen) atoms. The Bertz CT molecular complexity index is 387. The first-order valence-corrected chi connectivity index (χ1v) is 7.42. The molecule has 0 amide bonds. The van der Waals surface area contributed by atoms with Gasteiger partial charge < -0.3 is 5.73 Å². The normalized spacial score (nSPS) is 11.8. The number of benzene rings is 1. The van der Waals surface area contributed by atoms with E-state index in [2.05, 4.69) is 56.0 Å². The fourth-order valence-corrected chi connectivity index (χ4v) is 2.16. The highest BCUT2D eigenvalue weighted by Gasteiger charge is 2.20. The molecule has 0 saturated carbocycles. The molecule has 0 aliphatic heterocycles. The van der Waals surface area contributed by atoms with Gasteiger partial charge in [-0.2, -0.15) is 0 Å². The van der Waals surface area contributed by atoms with E-state index in [0.717, 1.165) is 32.5 Å². The third-order valence-corrected chi connectivity index (χ3v) is 4.19. The van der Waals surface area contributed by atoms with Crippen molar-refractivity contribution in [2.75, 3.05) is 13.1 Å². The lowest BCUT2D eigenvalue weighted by Gasteiger charge is -2.26. The van der Waals surface area contributed by atoms with Crippen LogP contribution in [0, 0.1) is 5.41 Å². The first-order chi connectivity index (χ1) is 8.95. The highest BCUT2D eigenvalue weighted by molar-refractivity contribution is 7.80. The first kappa shape index (κ1) is 16.1. The summed E-state index contributed by atoms with van der Waals surface area (Å²) in [5, 5.41) is 0. The lowest BCUT2D eigenvalue weighted by atomic mass is 9.88. The Morgan fingerprint density at radius 3 is 2.42 bits per heavy atom. The number of thiocarbonyl (C=S) groups is 1. The Labute approximate surface area is 123 Å². The van der Waals surface area contributed by atoms with Crippen LogP contribution in [0.3, 0.4) is 0 Å². The van der Waals surface area contributed by atoms with Gasteiger partial charge in [0.1, 0.15) is 0 Å². The standard InChI is InChI=1S/C16H26N2S/c1-4-18(13-14-9-6-5-7-10-14)12-8-11-16(2,3)15(17)19/h5-7,9-10H,4,8,11-13H2,1-3H3,(H2,17,19). The summed E-state index contributed by atoms with van der Waals surface area (Å²) in [6.07, 6.45) is 2.18. The first-order valence-electron chi connectivity index (χ1n) is 7.02. The van der Waals surface area contributed by atoms with Gasteiger partial charge in [-0.25, -0.2) is 0 Å². The monoisotopic (exact) mass is 278 g/mol. The summed E-state index contributed by atoms with van der Waals surface area (Å²) < 4.78 is 0. The van der Waals surface area contributed by atoms with E-state index in [0.29, 0.717) is 4.99 Å². The van der Waals surface area contributed by atoms with E-state index >= 15 is 0 Å². The number of rotatable bonds is 8. The van der Waals surface area contributed by atoms with Gasteiger partial charge in [-0.15, -0.1) is 0 Å². The molecule has 1 aromatic carbocycles. The molecule has 0 saturated heterocycles. The molecule has 0 heterocycles. The van der Waals surface area contributed by atoms with Gasteiger partial charge in [0, 0.05) is 12.0 Å². The molecule has 0 radical (unpaired) electrons. The maximum Gasteiger partial charge on any atom is 0.0784 e. The van der Waals surface area contributed by atoms with Crippen LogP contribution in [0.1, 0.15) is 39.2 Å². The molecule has 0 aliphatic rings. The molecule has 1 aromatic rings. The molecule has 0 aromatic heterocycles. The molecule has 0 bridgehead atoms. The zero-order valence-corrected chi connectivity index (χ0v) is 13.2. The van der Waals surface area contributed by atoms with Gasteiger partial charge in [0.15, 0.2) is 0 Å². The number of hydrogen-bond donors (Lipinski definition) is 1. The molecule has 0 atom stereocenters. The minimum atomic E-state index is -0.0263. The Morgan fingerprint density at radius 2 is 1.89 bits per heavy atom. The quantitative estimate of drug-likeness (QED) is 0.737. The fourth-order valence-electron chi connectivity index (χ4n) is 2.06. The van der Waals surface area contributed by atoms with Gasteiger partial charge in [-0.3, -0.25) is 4.90 Å². The summed E-state index contributed by atoms with van der Waals surface area (Å²) in [7, 11) is 0. The summed E-state index contributed by atoms with van der Waals surface area (Å²) in [5.74, 6) is 0. The summed E-state index contributed by atoms with van der Waals surface area (Å²) in [6.45, 7) is 9.65.